The first kappa shape index (κ1) is 27.5. The van der Waals surface area contributed by atoms with E-state index in [1.807, 2.05) is 47.1 Å². The van der Waals surface area contributed by atoms with Crippen LogP contribution in [-0.4, -0.2) is 83.9 Å². The highest BCUT2D eigenvalue weighted by molar-refractivity contribution is 6.34. The van der Waals surface area contributed by atoms with Gasteiger partial charge in [0.2, 0.25) is 5.91 Å². The highest BCUT2D eigenvalue weighted by Crippen LogP contribution is 2.43. The first-order valence-electron chi connectivity index (χ1n) is 13.7. The molecular weight excluding hydrogens is 521 g/mol. The molecule has 2 fully saturated rings. The van der Waals surface area contributed by atoms with Crippen molar-refractivity contribution in [3.63, 3.8) is 0 Å². The summed E-state index contributed by atoms with van der Waals surface area (Å²) < 4.78 is 13.5. The summed E-state index contributed by atoms with van der Waals surface area (Å²) in [4.78, 5) is 32.6. The van der Waals surface area contributed by atoms with Crippen molar-refractivity contribution in [2.75, 3.05) is 42.9 Å². The molecule has 0 saturated carbocycles. The van der Waals surface area contributed by atoms with Gasteiger partial charge in [-0.25, -0.2) is 15.2 Å². The molecule has 1 aromatic carbocycles. The molecule has 2 unspecified atom stereocenters. The van der Waals surface area contributed by atoms with E-state index in [1.165, 1.54) is 5.01 Å². The van der Waals surface area contributed by atoms with Crippen molar-refractivity contribution in [1.82, 2.24) is 20.1 Å². The van der Waals surface area contributed by atoms with Crippen LogP contribution in [0.2, 0.25) is 5.02 Å². The molecule has 0 spiro atoms. The SMILES string of the molecule is CC1C=C(C(=O)N(N)C2Nc3cccc(Cl)c3N2[C@@H]2CCCCN(C(=O)/C=C/CN3CC[C@@H](F)C3)C2)C=CN1. The van der Waals surface area contributed by atoms with Crippen LogP contribution in [-0.2, 0) is 9.59 Å². The molecule has 2 amide bonds. The van der Waals surface area contributed by atoms with Gasteiger partial charge in [-0.1, -0.05) is 23.7 Å². The Morgan fingerprint density at radius 3 is 2.85 bits per heavy atom. The van der Waals surface area contributed by atoms with Crippen LogP contribution in [0.4, 0.5) is 15.8 Å². The number of nitrogens with zero attached hydrogens (tertiary/aromatic N) is 4. The number of nitrogens with two attached hydrogens (primary N) is 1. The molecule has 4 N–H and O–H groups in total. The molecule has 0 aromatic heterocycles. The molecule has 0 radical (unpaired) electrons. The third-order valence-electron chi connectivity index (χ3n) is 7.78. The Labute approximate surface area is 234 Å². The lowest BCUT2D eigenvalue weighted by atomic mass is 10.1. The Morgan fingerprint density at radius 1 is 1.23 bits per heavy atom. The number of rotatable bonds is 6. The summed E-state index contributed by atoms with van der Waals surface area (Å²) in [6.07, 6.45) is 10.4. The van der Waals surface area contributed by atoms with Gasteiger partial charge in [0, 0.05) is 50.4 Å². The molecule has 0 bridgehead atoms. The largest absolute Gasteiger partial charge is 0.385 e. The summed E-state index contributed by atoms with van der Waals surface area (Å²) >= 11 is 6.70. The van der Waals surface area contributed by atoms with Crippen LogP contribution in [0.25, 0.3) is 0 Å². The van der Waals surface area contributed by atoms with E-state index in [4.69, 9.17) is 17.4 Å². The third-order valence-corrected chi connectivity index (χ3v) is 8.09. The van der Waals surface area contributed by atoms with Crippen molar-refractivity contribution in [3.8, 4) is 0 Å². The smallest absolute Gasteiger partial charge is 0.270 e. The number of likely N-dealkylation sites (tertiary alicyclic amines) is 2. The Bertz CT molecular complexity index is 1170. The number of nitrogens with one attached hydrogen (secondary N) is 2. The van der Waals surface area contributed by atoms with Gasteiger partial charge in [-0.3, -0.25) is 14.5 Å². The zero-order valence-corrected chi connectivity index (χ0v) is 23.0. The molecule has 0 aliphatic carbocycles. The highest BCUT2D eigenvalue weighted by Gasteiger charge is 2.41. The van der Waals surface area contributed by atoms with Crippen molar-refractivity contribution < 1.29 is 14.0 Å². The van der Waals surface area contributed by atoms with E-state index in [1.54, 1.807) is 18.4 Å². The number of para-hydroxylation sites is 1. The van der Waals surface area contributed by atoms with Crippen molar-refractivity contribution in [2.45, 2.75) is 57.2 Å². The standard InChI is InChI=1S/C28H37ClFN7O2/c1-19-16-20(10-12-32-19)27(39)37(31)28-33-24-8-4-7-23(29)26(24)36(28)22-6-2-3-14-35(18-22)25(38)9-5-13-34-15-11-21(30)17-34/h4-5,7-10,12,16,19,21-22,28,32-33H,2-3,6,11,13-15,17-18,31H2,1H3/b9-5+/t19?,21-,22-,28?/m1/s1. The second-order valence-electron chi connectivity index (χ2n) is 10.7. The van der Waals surface area contributed by atoms with E-state index in [2.05, 4.69) is 15.5 Å². The molecule has 4 heterocycles. The zero-order valence-electron chi connectivity index (χ0n) is 22.2. The number of fused-ring (bicyclic) bond motifs is 1. The minimum Gasteiger partial charge on any atom is -0.385 e. The number of hydrogen-bond acceptors (Lipinski definition) is 7. The number of dihydropyridines is 1. The van der Waals surface area contributed by atoms with Crippen LogP contribution in [0, 0.1) is 0 Å². The van der Waals surface area contributed by atoms with Crippen molar-refractivity contribution >= 4 is 34.8 Å². The van der Waals surface area contributed by atoms with Gasteiger partial charge in [-0.05, 0) is 63.1 Å². The lowest BCUT2D eigenvalue weighted by Gasteiger charge is -2.39. The van der Waals surface area contributed by atoms with Crippen LogP contribution in [0.15, 0.2) is 54.3 Å². The number of alkyl halides is 1. The Hall–Kier alpha value is -3.08. The molecule has 11 heteroatoms. The summed E-state index contributed by atoms with van der Waals surface area (Å²) in [5, 5.41) is 8.30. The molecule has 4 aliphatic rings. The monoisotopic (exact) mass is 557 g/mol. The molecule has 210 valence electrons. The van der Waals surface area contributed by atoms with E-state index >= 15 is 0 Å². The van der Waals surface area contributed by atoms with Gasteiger partial charge in [0.1, 0.15) is 6.17 Å². The van der Waals surface area contributed by atoms with Gasteiger partial charge in [0.05, 0.1) is 22.4 Å². The average molecular weight is 558 g/mol. The second kappa shape index (κ2) is 12.0. The van der Waals surface area contributed by atoms with E-state index in [0.717, 1.165) is 30.6 Å². The van der Waals surface area contributed by atoms with E-state index in [0.29, 0.717) is 49.7 Å². The Balaban J connectivity index is 1.35. The zero-order chi connectivity index (χ0) is 27.5. The van der Waals surface area contributed by atoms with Crippen molar-refractivity contribution in [2.24, 2.45) is 5.84 Å². The number of benzene rings is 1. The van der Waals surface area contributed by atoms with Gasteiger partial charge in [-0.2, -0.15) is 0 Å². The number of hydrazine groups is 1. The van der Waals surface area contributed by atoms with Crippen LogP contribution in [0.5, 0.6) is 0 Å². The normalized spacial score (nSPS) is 27.1. The fraction of sp³-hybridized carbons (Fsp3) is 0.500. The summed E-state index contributed by atoms with van der Waals surface area (Å²) in [6.45, 7) is 4.77. The Morgan fingerprint density at radius 2 is 2.08 bits per heavy atom. The van der Waals surface area contributed by atoms with Crippen molar-refractivity contribution in [1.29, 1.82) is 0 Å². The molecule has 2 saturated heterocycles. The van der Waals surface area contributed by atoms with Crippen LogP contribution < -0.4 is 21.4 Å². The lowest BCUT2D eigenvalue weighted by molar-refractivity contribution is -0.129. The summed E-state index contributed by atoms with van der Waals surface area (Å²) in [5.41, 5.74) is 2.07. The molecule has 4 aliphatic heterocycles. The fourth-order valence-corrected chi connectivity index (χ4v) is 6.05. The molecule has 5 rings (SSSR count). The van der Waals surface area contributed by atoms with Gasteiger partial charge in [-0.15, -0.1) is 0 Å². The second-order valence-corrected chi connectivity index (χ2v) is 11.1. The first-order chi connectivity index (χ1) is 18.8. The summed E-state index contributed by atoms with van der Waals surface area (Å²) in [5.74, 6) is 6.13. The topological polar surface area (TPSA) is 97.2 Å². The lowest BCUT2D eigenvalue weighted by Crippen LogP contribution is -2.60. The Kier molecular flexibility index (Phi) is 8.44. The minimum absolute atomic E-state index is 0.0139. The number of carbonyl (C=O) groups excluding carboxylic acids is 2. The van der Waals surface area contributed by atoms with Crippen molar-refractivity contribution in [3.05, 3.63) is 59.3 Å². The first-order valence-corrected chi connectivity index (χ1v) is 14.1. The van der Waals surface area contributed by atoms with Gasteiger partial charge < -0.3 is 20.4 Å². The van der Waals surface area contributed by atoms with Crippen LogP contribution >= 0.6 is 11.6 Å². The number of halogens is 2. The van der Waals surface area contributed by atoms with E-state index in [9.17, 15) is 14.0 Å². The molecule has 1 aromatic rings. The quantitative estimate of drug-likeness (QED) is 0.214. The molecule has 39 heavy (non-hydrogen) atoms. The third kappa shape index (κ3) is 6.08. The van der Waals surface area contributed by atoms with Gasteiger partial charge >= 0.3 is 0 Å². The highest BCUT2D eigenvalue weighted by atomic mass is 35.5. The van der Waals surface area contributed by atoms with Crippen LogP contribution in [0.3, 0.4) is 0 Å². The molecule has 4 atom stereocenters. The maximum atomic E-state index is 13.5. The van der Waals surface area contributed by atoms with E-state index < -0.39 is 12.5 Å². The maximum Gasteiger partial charge on any atom is 0.270 e. The van der Waals surface area contributed by atoms with Gasteiger partial charge in [0.15, 0.2) is 6.29 Å². The average Bonchev–Trinajstić information content (AvgIpc) is 3.43. The fourth-order valence-electron chi connectivity index (χ4n) is 5.78. The minimum atomic E-state index is -0.781. The molecule has 9 nitrogen and oxygen atoms in total. The summed E-state index contributed by atoms with van der Waals surface area (Å²) in [7, 11) is 0. The summed E-state index contributed by atoms with van der Waals surface area (Å²) in [6, 6.07) is 5.49. The number of amides is 2. The number of hydrogen-bond donors (Lipinski definition) is 3. The number of carbonyl (C=O) groups is 2. The molecular formula is C28H37ClFN7O2. The maximum absolute atomic E-state index is 13.5. The predicted octanol–water partition coefficient (Wildman–Crippen LogP) is 2.97. The predicted molar refractivity (Wildman–Crippen MR) is 152 cm³/mol. The van der Waals surface area contributed by atoms with E-state index in [-0.39, 0.29) is 23.9 Å². The number of anilines is 2. The van der Waals surface area contributed by atoms with Crippen LogP contribution in [0.1, 0.15) is 32.6 Å². The van der Waals surface area contributed by atoms with Gasteiger partial charge in [0.25, 0.3) is 5.91 Å².